The molecule has 0 aromatic carbocycles. The molecule has 5 nitrogen and oxygen atoms in total. The van der Waals surface area contributed by atoms with Crippen LogP contribution >= 0.6 is 0 Å². The van der Waals surface area contributed by atoms with Crippen LogP contribution in [0.25, 0.3) is 0 Å². The van der Waals surface area contributed by atoms with Gasteiger partial charge in [-0.05, 0) is 38.8 Å². The molecule has 1 aliphatic rings. The minimum absolute atomic E-state index is 0.0942. The molecule has 1 aliphatic heterocycles. The molecular weight excluding hydrogens is 230 g/mol. The molecule has 5 heteroatoms. The number of carbonyl (C=O) groups is 1. The van der Waals surface area contributed by atoms with Gasteiger partial charge in [-0.15, -0.1) is 0 Å². The third-order valence-corrected chi connectivity index (χ3v) is 3.10. The molecular formula is C13H19N3O2. The van der Waals surface area contributed by atoms with Crippen LogP contribution in [0.4, 0.5) is 5.82 Å². The lowest BCUT2D eigenvalue weighted by Gasteiger charge is -2.36. The molecule has 2 heterocycles. The van der Waals surface area contributed by atoms with Crippen LogP contribution in [0.1, 0.15) is 37.0 Å². The number of hydrogen-bond donors (Lipinski definition) is 2. The van der Waals surface area contributed by atoms with Gasteiger partial charge in [0.15, 0.2) is 0 Å². The maximum Gasteiger partial charge on any atom is 0.250 e. The van der Waals surface area contributed by atoms with Crippen molar-refractivity contribution in [3.63, 3.8) is 0 Å². The molecule has 1 saturated heterocycles. The fraction of sp³-hybridized carbons (Fsp3) is 0.538. The number of ether oxygens (including phenoxy) is 1. The first-order valence-corrected chi connectivity index (χ1v) is 6.13. The normalized spacial score (nSPS) is 22.4. The topological polar surface area (TPSA) is 77.2 Å². The van der Waals surface area contributed by atoms with Crippen molar-refractivity contribution in [1.29, 1.82) is 0 Å². The zero-order valence-electron chi connectivity index (χ0n) is 10.8. The van der Waals surface area contributed by atoms with Gasteiger partial charge in [0.25, 0.3) is 0 Å². The number of rotatable bonds is 3. The standard InChI is InChI=1S/C13H19N3O2/c1-13(2)7-10(5-6-18-13)16-11-4-3-9(8-15-11)12(14)17/h3-4,8,10H,5-7H2,1-2H3,(H2,14,17)(H,15,16). The maximum atomic E-state index is 10.9. The van der Waals surface area contributed by atoms with Gasteiger partial charge in [0, 0.05) is 18.8 Å². The van der Waals surface area contributed by atoms with Crippen molar-refractivity contribution in [1.82, 2.24) is 4.98 Å². The van der Waals surface area contributed by atoms with Crippen molar-refractivity contribution in [2.45, 2.75) is 38.3 Å². The Balaban J connectivity index is 1.99. The van der Waals surface area contributed by atoms with Gasteiger partial charge in [-0.2, -0.15) is 0 Å². The summed E-state index contributed by atoms with van der Waals surface area (Å²) in [4.78, 5) is 15.1. The molecule has 1 atom stereocenters. The average Bonchev–Trinajstić information content (AvgIpc) is 2.28. The van der Waals surface area contributed by atoms with E-state index >= 15 is 0 Å². The molecule has 0 saturated carbocycles. The van der Waals surface area contributed by atoms with E-state index in [1.807, 2.05) is 0 Å². The molecule has 0 radical (unpaired) electrons. The number of carbonyl (C=O) groups excluding carboxylic acids is 1. The summed E-state index contributed by atoms with van der Waals surface area (Å²) in [7, 11) is 0. The minimum Gasteiger partial charge on any atom is -0.375 e. The molecule has 18 heavy (non-hydrogen) atoms. The zero-order chi connectivity index (χ0) is 13.2. The Bertz CT molecular complexity index is 428. The van der Waals surface area contributed by atoms with Crippen LogP contribution in [0.15, 0.2) is 18.3 Å². The van der Waals surface area contributed by atoms with E-state index in [-0.39, 0.29) is 5.60 Å². The van der Waals surface area contributed by atoms with E-state index in [9.17, 15) is 4.79 Å². The van der Waals surface area contributed by atoms with Gasteiger partial charge in [0.05, 0.1) is 11.2 Å². The summed E-state index contributed by atoms with van der Waals surface area (Å²) in [6, 6.07) is 3.81. The largest absolute Gasteiger partial charge is 0.375 e. The lowest BCUT2D eigenvalue weighted by molar-refractivity contribution is -0.0553. The monoisotopic (exact) mass is 249 g/mol. The fourth-order valence-corrected chi connectivity index (χ4v) is 2.19. The molecule has 0 bridgehead atoms. The first kappa shape index (κ1) is 12.8. The maximum absolute atomic E-state index is 10.9. The number of pyridine rings is 1. The highest BCUT2D eigenvalue weighted by atomic mass is 16.5. The first-order valence-electron chi connectivity index (χ1n) is 6.13. The number of nitrogens with two attached hydrogens (primary N) is 1. The van der Waals surface area contributed by atoms with Gasteiger partial charge >= 0.3 is 0 Å². The minimum atomic E-state index is -0.457. The molecule has 1 fully saturated rings. The second-order valence-electron chi connectivity index (χ2n) is 5.24. The van der Waals surface area contributed by atoms with Gasteiger partial charge in [-0.25, -0.2) is 4.98 Å². The summed E-state index contributed by atoms with van der Waals surface area (Å²) >= 11 is 0. The van der Waals surface area contributed by atoms with Crippen molar-refractivity contribution >= 4 is 11.7 Å². The lowest BCUT2D eigenvalue weighted by Crippen LogP contribution is -2.40. The van der Waals surface area contributed by atoms with Crippen LogP contribution < -0.4 is 11.1 Å². The third kappa shape index (κ3) is 3.20. The third-order valence-electron chi connectivity index (χ3n) is 3.10. The van der Waals surface area contributed by atoms with Gasteiger partial charge < -0.3 is 15.8 Å². The van der Waals surface area contributed by atoms with E-state index in [2.05, 4.69) is 24.1 Å². The van der Waals surface area contributed by atoms with Crippen LogP contribution in [-0.2, 0) is 4.74 Å². The van der Waals surface area contributed by atoms with E-state index in [1.54, 1.807) is 12.1 Å². The number of hydrogen-bond acceptors (Lipinski definition) is 4. The van der Waals surface area contributed by atoms with Crippen molar-refractivity contribution in [2.24, 2.45) is 5.73 Å². The molecule has 2 rings (SSSR count). The second-order valence-corrected chi connectivity index (χ2v) is 5.24. The SMILES string of the molecule is CC1(C)CC(Nc2ccc(C(N)=O)cn2)CCO1. The predicted molar refractivity (Wildman–Crippen MR) is 69.4 cm³/mol. The number of nitrogens with one attached hydrogen (secondary N) is 1. The highest BCUT2D eigenvalue weighted by molar-refractivity contribution is 5.92. The van der Waals surface area contributed by atoms with Gasteiger partial charge in [-0.3, -0.25) is 4.79 Å². The quantitative estimate of drug-likeness (QED) is 0.852. The summed E-state index contributed by atoms with van der Waals surface area (Å²) in [5, 5.41) is 3.36. The second kappa shape index (κ2) is 4.94. The van der Waals surface area contributed by atoms with E-state index in [1.165, 1.54) is 6.20 Å². The van der Waals surface area contributed by atoms with Crippen molar-refractivity contribution < 1.29 is 9.53 Å². The van der Waals surface area contributed by atoms with Crippen molar-refractivity contribution in [3.05, 3.63) is 23.9 Å². The Kier molecular flexibility index (Phi) is 3.52. The number of amides is 1. The molecule has 1 aromatic heterocycles. The Morgan fingerprint density at radius 2 is 2.33 bits per heavy atom. The van der Waals surface area contributed by atoms with E-state index in [0.29, 0.717) is 11.6 Å². The molecule has 98 valence electrons. The number of primary amides is 1. The zero-order valence-corrected chi connectivity index (χ0v) is 10.8. The predicted octanol–water partition coefficient (Wildman–Crippen LogP) is 1.55. The molecule has 1 amide bonds. The average molecular weight is 249 g/mol. The van der Waals surface area contributed by atoms with Crippen LogP contribution in [0.5, 0.6) is 0 Å². The van der Waals surface area contributed by atoms with Crippen molar-refractivity contribution in [2.75, 3.05) is 11.9 Å². The van der Waals surface area contributed by atoms with Crippen LogP contribution in [0.2, 0.25) is 0 Å². The summed E-state index contributed by atoms with van der Waals surface area (Å²) in [6.45, 7) is 4.93. The molecule has 1 aromatic rings. The fourth-order valence-electron chi connectivity index (χ4n) is 2.19. The number of nitrogens with zero attached hydrogens (tertiary/aromatic N) is 1. The summed E-state index contributed by atoms with van der Waals surface area (Å²) in [5.41, 5.74) is 5.50. The highest BCUT2D eigenvalue weighted by Crippen LogP contribution is 2.25. The molecule has 3 N–H and O–H groups in total. The summed E-state index contributed by atoms with van der Waals surface area (Å²) in [5.74, 6) is 0.309. The highest BCUT2D eigenvalue weighted by Gasteiger charge is 2.28. The number of anilines is 1. The van der Waals surface area contributed by atoms with Crippen LogP contribution in [-0.4, -0.2) is 29.1 Å². The van der Waals surface area contributed by atoms with Crippen LogP contribution in [0.3, 0.4) is 0 Å². The number of aromatic nitrogens is 1. The van der Waals surface area contributed by atoms with E-state index < -0.39 is 5.91 Å². The summed E-state index contributed by atoms with van der Waals surface area (Å²) < 4.78 is 5.66. The first-order chi connectivity index (χ1) is 8.46. The molecule has 0 spiro atoms. The molecule has 1 unspecified atom stereocenters. The van der Waals surface area contributed by atoms with Gasteiger partial charge in [-0.1, -0.05) is 0 Å². The summed E-state index contributed by atoms with van der Waals surface area (Å²) in [6.07, 6.45) is 3.39. The van der Waals surface area contributed by atoms with Gasteiger partial charge in [0.2, 0.25) is 5.91 Å². The Morgan fingerprint density at radius 3 is 2.89 bits per heavy atom. The van der Waals surface area contributed by atoms with E-state index in [0.717, 1.165) is 25.3 Å². The van der Waals surface area contributed by atoms with Gasteiger partial charge in [0.1, 0.15) is 5.82 Å². The van der Waals surface area contributed by atoms with Crippen LogP contribution in [0, 0.1) is 0 Å². The van der Waals surface area contributed by atoms with E-state index in [4.69, 9.17) is 10.5 Å². The lowest BCUT2D eigenvalue weighted by atomic mass is 9.94. The Labute approximate surface area is 107 Å². The molecule has 0 aliphatic carbocycles. The Hall–Kier alpha value is -1.62. The Morgan fingerprint density at radius 1 is 1.56 bits per heavy atom. The smallest absolute Gasteiger partial charge is 0.250 e. The van der Waals surface area contributed by atoms with Crippen molar-refractivity contribution in [3.8, 4) is 0 Å².